The number of halogens is 5. The van der Waals surface area contributed by atoms with Gasteiger partial charge in [-0.1, -0.05) is 0 Å². The molecular formula is I5KPt. The molecule has 0 bridgehead atoms. The molecule has 0 saturated carbocycles. The second kappa shape index (κ2) is 40.4. The van der Waals surface area contributed by atoms with Crippen LogP contribution in [0.2, 0.25) is 0 Å². The molecule has 7 heavy (non-hydrogen) atoms. The van der Waals surface area contributed by atoms with E-state index in [0.29, 0.717) is 0 Å². The van der Waals surface area contributed by atoms with Crippen LogP contribution in [-0.4, -0.2) is 0 Å². The Morgan fingerprint density at radius 3 is 0.429 bits per heavy atom. The first kappa shape index (κ1) is 52.1. The van der Waals surface area contributed by atoms with E-state index in [-0.39, 0.29) is 192 Å². The second-order valence-corrected chi connectivity index (χ2v) is 0. The maximum absolute atomic E-state index is 0. The van der Waals surface area contributed by atoms with Gasteiger partial charge in [0.15, 0.2) is 0 Å². The number of rotatable bonds is 0. The molecule has 0 aliphatic carbocycles. The first-order valence-electron chi connectivity index (χ1n) is 0. The summed E-state index contributed by atoms with van der Waals surface area (Å²) in [4.78, 5) is 0. The summed E-state index contributed by atoms with van der Waals surface area (Å²) in [5, 5.41) is 0. The van der Waals surface area contributed by atoms with Gasteiger partial charge in [-0.25, -0.2) is 0 Å². The summed E-state index contributed by atoms with van der Waals surface area (Å²) in [7, 11) is 0. The molecule has 0 unspecified atom stereocenters. The van der Waals surface area contributed by atoms with Crippen LogP contribution in [0, 0.1) is 0 Å². The predicted octanol–water partition coefficient (Wildman–Crippen LogP) is -18.0. The summed E-state index contributed by atoms with van der Waals surface area (Å²) in [6.07, 6.45) is 0. The van der Waals surface area contributed by atoms with Gasteiger partial charge < -0.3 is 120 Å². The Hall–Kier alpha value is 5.97. The van der Waals surface area contributed by atoms with Gasteiger partial charge in [0.25, 0.3) is 0 Å². The van der Waals surface area contributed by atoms with Gasteiger partial charge in [0.2, 0.25) is 0 Å². The van der Waals surface area contributed by atoms with Crippen molar-refractivity contribution in [2.75, 3.05) is 0 Å². The van der Waals surface area contributed by atoms with Crippen LogP contribution in [0.5, 0.6) is 0 Å². The van der Waals surface area contributed by atoms with E-state index in [1.165, 1.54) is 0 Å². The summed E-state index contributed by atoms with van der Waals surface area (Å²) in [5.41, 5.74) is 0. The average molecular weight is 869 g/mol. The summed E-state index contributed by atoms with van der Waals surface area (Å²) < 4.78 is 0. The zero-order valence-electron chi connectivity index (χ0n) is 3.21. The molecule has 0 aromatic heterocycles. The van der Waals surface area contributed by atoms with E-state index in [4.69, 9.17) is 0 Å². The van der Waals surface area contributed by atoms with Gasteiger partial charge in [-0.15, -0.1) is 0 Å². The monoisotopic (exact) mass is 868 g/mol. The zero-order chi connectivity index (χ0) is 0. The molecule has 0 aliphatic rings. The molecule has 0 fully saturated rings. The fraction of sp³-hybridized carbons (Fsp3) is 0. The van der Waals surface area contributed by atoms with Gasteiger partial charge in [-0.05, 0) is 0 Å². The standard InChI is InChI=1S/5HI.K.Pt/h5*1H;;/q;;;;;+1;+4/p-5. The molecule has 0 saturated heterocycles. The van der Waals surface area contributed by atoms with Crippen LogP contribution in [0.3, 0.4) is 0 Å². The summed E-state index contributed by atoms with van der Waals surface area (Å²) in [5.74, 6) is 0. The smallest absolute Gasteiger partial charge is 1.00 e. The third kappa shape index (κ3) is 33.4. The molecule has 0 rings (SSSR count). The molecular weight excluding hydrogens is 869 g/mol. The van der Waals surface area contributed by atoms with Crippen LogP contribution in [0.15, 0.2) is 0 Å². The minimum absolute atomic E-state index is 0. The van der Waals surface area contributed by atoms with Crippen LogP contribution >= 0.6 is 0 Å². The first-order chi connectivity index (χ1) is 0. The van der Waals surface area contributed by atoms with Crippen molar-refractivity contribution in [1.82, 2.24) is 0 Å². The molecule has 7 heteroatoms. The van der Waals surface area contributed by atoms with Crippen molar-refractivity contribution in [3.8, 4) is 0 Å². The van der Waals surface area contributed by atoms with Gasteiger partial charge >= 0.3 is 72.4 Å². The molecule has 0 amide bonds. The Kier molecular flexibility index (Phi) is 301. The predicted molar refractivity (Wildman–Crippen MR) is 0 cm³/mol. The van der Waals surface area contributed by atoms with Crippen molar-refractivity contribution in [1.29, 1.82) is 0 Å². The van der Waals surface area contributed by atoms with Gasteiger partial charge in [-0.2, -0.15) is 0 Å². The van der Waals surface area contributed by atoms with Crippen molar-refractivity contribution in [3.63, 3.8) is 0 Å². The van der Waals surface area contributed by atoms with Crippen LogP contribution in [0.4, 0.5) is 0 Å². The van der Waals surface area contributed by atoms with Crippen molar-refractivity contribution in [2.24, 2.45) is 0 Å². The van der Waals surface area contributed by atoms with E-state index < -0.39 is 0 Å². The van der Waals surface area contributed by atoms with Crippen LogP contribution in [0.1, 0.15) is 0 Å². The van der Waals surface area contributed by atoms with Crippen molar-refractivity contribution >= 4 is 0 Å². The summed E-state index contributed by atoms with van der Waals surface area (Å²) >= 11 is 0. The fourth-order valence-corrected chi connectivity index (χ4v) is 0. The average Bonchev–Trinajstić information content (AvgIpc) is 0. The molecule has 0 heterocycles. The Morgan fingerprint density at radius 1 is 0.429 bits per heavy atom. The second-order valence-electron chi connectivity index (χ2n) is 0. The van der Waals surface area contributed by atoms with Gasteiger partial charge in [0, 0.05) is 0 Å². The number of hydrogen-bond acceptors (Lipinski definition) is 0. The number of hydrogen-bond donors (Lipinski definition) is 0. The van der Waals surface area contributed by atoms with E-state index in [9.17, 15) is 0 Å². The fourth-order valence-electron chi connectivity index (χ4n) is 0. The SMILES string of the molecule is [I-].[I-].[I-].[I-].[I-].[K+].[Pt+4]. The maximum atomic E-state index is 0. The van der Waals surface area contributed by atoms with Gasteiger partial charge in [0.1, 0.15) is 0 Å². The minimum Gasteiger partial charge on any atom is -1.00 e. The quantitative estimate of drug-likeness (QED) is 0.168. The molecule has 0 N–H and O–H groups in total. The molecule has 0 atom stereocenters. The summed E-state index contributed by atoms with van der Waals surface area (Å²) in [6.45, 7) is 0. The topological polar surface area (TPSA) is 0 Å². The largest absolute Gasteiger partial charge is 4.00 e. The van der Waals surface area contributed by atoms with Crippen molar-refractivity contribution < 1.29 is 192 Å². The van der Waals surface area contributed by atoms with E-state index in [2.05, 4.69) is 0 Å². The van der Waals surface area contributed by atoms with E-state index in [1.807, 2.05) is 0 Å². The molecule has 0 aromatic rings. The minimum atomic E-state index is 0. The maximum Gasteiger partial charge on any atom is 4.00 e. The Balaban J connectivity index is 0. The Bertz CT molecular complexity index is 8.04. The zero-order valence-corrected chi connectivity index (χ0v) is 19.4. The Labute approximate surface area is 186 Å². The normalized spacial score (nSPS) is 0. The van der Waals surface area contributed by atoms with Crippen molar-refractivity contribution in [2.45, 2.75) is 0 Å². The summed E-state index contributed by atoms with van der Waals surface area (Å²) in [6, 6.07) is 0. The van der Waals surface area contributed by atoms with E-state index >= 15 is 0 Å². The van der Waals surface area contributed by atoms with Crippen LogP contribution in [-0.2, 0) is 21.1 Å². The molecule has 0 radical (unpaired) electrons. The molecule has 0 aromatic carbocycles. The molecule has 46 valence electrons. The van der Waals surface area contributed by atoms with Crippen LogP contribution < -0.4 is 171 Å². The first-order valence-corrected chi connectivity index (χ1v) is 0. The Morgan fingerprint density at radius 2 is 0.429 bits per heavy atom. The van der Waals surface area contributed by atoms with E-state index in [1.54, 1.807) is 0 Å². The van der Waals surface area contributed by atoms with Gasteiger partial charge in [-0.3, -0.25) is 0 Å². The third-order valence-corrected chi connectivity index (χ3v) is 0. The van der Waals surface area contributed by atoms with Crippen molar-refractivity contribution in [3.05, 3.63) is 0 Å². The van der Waals surface area contributed by atoms with E-state index in [0.717, 1.165) is 0 Å². The molecule has 0 nitrogen and oxygen atoms in total. The molecule has 0 spiro atoms. The van der Waals surface area contributed by atoms with Gasteiger partial charge in [0.05, 0.1) is 0 Å². The van der Waals surface area contributed by atoms with Crippen LogP contribution in [0.25, 0.3) is 0 Å². The third-order valence-electron chi connectivity index (χ3n) is 0. The molecule has 0 aliphatic heterocycles.